The highest BCUT2D eigenvalue weighted by molar-refractivity contribution is 7.89. The summed E-state index contributed by atoms with van der Waals surface area (Å²) in [7, 11) is -2.46. The molecular weight excluding hydrogens is 345 g/mol. The van der Waals surface area contributed by atoms with Gasteiger partial charge in [-0.3, -0.25) is 4.79 Å². The van der Waals surface area contributed by atoms with E-state index in [4.69, 9.17) is 4.74 Å². The van der Waals surface area contributed by atoms with Crippen molar-refractivity contribution >= 4 is 16.0 Å². The van der Waals surface area contributed by atoms with Gasteiger partial charge in [-0.15, -0.1) is 0 Å². The van der Waals surface area contributed by atoms with Crippen LogP contribution in [0.2, 0.25) is 0 Å². The number of nitrogens with zero attached hydrogens (tertiary/aromatic N) is 1. The van der Waals surface area contributed by atoms with Gasteiger partial charge in [0.2, 0.25) is 10.0 Å². The fourth-order valence-electron chi connectivity index (χ4n) is 2.19. The van der Waals surface area contributed by atoms with Crippen LogP contribution in [0.5, 0.6) is 0 Å². The highest BCUT2D eigenvalue weighted by Crippen LogP contribution is 2.19. The third-order valence-corrected chi connectivity index (χ3v) is 5.55. The number of halogens is 1. The summed E-state index contributed by atoms with van der Waals surface area (Å²) in [5, 5.41) is 0. The second kappa shape index (κ2) is 7.76. The van der Waals surface area contributed by atoms with Gasteiger partial charge in [-0.2, -0.15) is 4.31 Å². The maximum atomic E-state index is 12.9. The molecular formula is C18H20FNO4S. The van der Waals surface area contributed by atoms with Crippen molar-refractivity contribution in [2.45, 2.75) is 24.8 Å². The Morgan fingerprint density at radius 1 is 1.12 bits per heavy atom. The molecule has 2 aromatic rings. The van der Waals surface area contributed by atoms with E-state index in [9.17, 15) is 17.6 Å². The first-order valence-corrected chi connectivity index (χ1v) is 9.12. The van der Waals surface area contributed by atoms with Crippen LogP contribution in [0.3, 0.4) is 0 Å². The lowest BCUT2D eigenvalue weighted by Gasteiger charge is -2.19. The number of esters is 1. The fraction of sp³-hybridized carbons (Fsp3) is 0.278. The second-order valence-corrected chi connectivity index (χ2v) is 7.80. The summed E-state index contributed by atoms with van der Waals surface area (Å²) >= 11 is 0. The number of aryl methyl sites for hydroxylation is 1. The summed E-state index contributed by atoms with van der Waals surface area (Å²) in [5.41, 5.74) is 1.56. The van der Waals surface area contributed by atoms with Crippen LogP contribution in [-0.4, -0.2) is 32.3 Å². The molecule has 0 aliphatic carbocycles. The molecule has 0 unspecified atom stereocenters. The normalized spacial score (nSPS) is 12.8. The minimum atomic E-state index is -3.77. The molecule has 0 N–H and O–H groups in total. The SMILES string of the molecule is Cc1ccc(S(=O)(=O)N(C)CC(=O)O[C@@H](C)c2ccc(F)cc2)cc1. The van der Waals surface area contributed by atoms with Gasteiger partial charge in [0.05, 0.1) is 4.90 Å². The van der Waals surface area contributed by atoms with Crippen molar-refractivity contribution in [2.75, 3.05) is 13.6 Å². The number of likely N-dealkylation sites (N-methyl/N-ethyl adjacent to an activating group) is 1. The summed E-state index contributed by atoms with van der Waals surface area (Å²) in [6.07, 6.45) is -0.608. The first kappa shape index (κ1) is 19.1. The van der Waals surface area contributed by atoms with Crippen molar-refractivity contribution in [3.63, 3.8) is 0 Å². The van der Waals surface area contributed by atoms with Crippen LogP contribution in [0.4, 0.5) is 4.39 Å². The molecule has 0 aliphatic heterocycles. The highest BCUT2D eigenvalue weighted by Gasteiger charge is 2.24. The van der Waals surface area contributed by atoms with E-state index in [-0.39, 0.29) is 10.7 Å². The van der Waals surface area contributed by atoms with Crippen LogP contribution >= 0.6 is 0 Å². The molecule has 25 heavy (non-hydrogen) atoms. The number of hydrogen-bond donors (Lipinski definition) is 0. The van der Waals surface area contributed by atoms with E-state index in [0.29, 0.717) is 5.56 Å². The minimum Gasteiger partial charge on any atom is -0.457 e. The number of hydrogen-bond acceptors (Lipinski definition) is 4. The van der Waals surface area contributed by atoms with Gasteiger partial charge in [-0.1, -0.05) is 29.8 Å². The van der Waals surface area contributed by atoms with Gasteiger partial charge in [0.25, 0.3) is 0 Å². The van der Waals surface area contributed by atoms with Gasteiger partial charge < -0.3 is 4.74 Å². The Balaban J connectivity index is 2.01. The lowest BCUT2D eigenvalue weighted by atomic mass is 10.1. The maximum Gasteiger partial charge on any atom is 0.321 e. The molecule has 134 valence electrons. The minimum absolute atomic E-state index is 0.111. The standard InChI is InChI=1S/C18H20FNO4S/c1-13-4-10-17(11-5-13)25(22,23)20(3)12-18(21)24-14(2)15-6-8-16(19)9-7-15/h4-11,14H,12H2,1-3H3/t14-/m0/s1. The van der Waals surface area contributed by atoms with Crippen molar-refractivity contribution in [3.8, 4) is 0 Å². The monoisotopic (exact) mass is 365 g/mol. The first-order chi connectivity index (χ1) is 11.7. The molecule has 0 amide bonds. The number of sulfonamides is 1. The van der Waals surface area contributed by atoms with Crippen LogP contribution in [0.15, 0.2) is 53.4 Å². The highest BCUT2D eigenvalue weighted by atomic mass is 32.2. The Bertz CT molecular complexity index is 832. The van der Waals surface area contributed by atoms with E-state index in [1.807, 2.05) is 6.92 Å². The van der Waals surface area contributed by atoms with E-state index in [1.54, 1.807) is 19.1 Å². The van der Waals surface area contributed by atoms with Crippen LogP contribution in [0.25, 0.3) is 0 Å². The lowest BCUT2D eigenvalue weighted by Crippen LogP contribution is -2.33. The molecule has 7 heteroatoms. The topological polar surface area (TPSA) is 63.7 Å². The lowest BCUT2D eigenvalue weighted by molar-refractivity contribution is -0.148. The molecule has 0 fully saturated rings. The summed E-state index contributed by atoms with van der Waals surface area (Å²) in [6.45, 7) is 3.08. The van der Waals surface area contributed by atoms with E-state index < -0.39 is 28.6 Å². The summed E-state index contributed by atoms with van der Waals surface area (Å²) in [5.74, 6) is -1.07. The molecule has 2 rings (SSSR count). The zero-order chi connectivity index (χ0) is 18.6. The molecule has 0 saturated heterocycles. The number of carbonyl (C=O) groups excluding carboxylic acids is 1. The predicted molar refractivity (Wildman–Crippen MR) is 91.9 cm³/mol. The number of rotatable bonds is 6. The van der Waals surface area contributed by atoms with E-state index in [0.717, 1.165) is 9.87 Å². The number of carbonyl (C=O) groups is 1. The van der Waals surface area contributed by atoms with Crippen molar-refractivity contribution in [2.24, 2.45) is 0 Å². The summed E-state index contributed by atoms with van der Waals surface area (Å²) < 4.78 is 44.0. The molecule has 1 atom stereocenters. The molecule has 0 aliphatic rings. The predicted octanol–water partition coefficient (Wildman–Crippen LogP) is 3.06. The Labute approximate surface area is 147 Å². The Morgan fingerprint density at radius 2 is 1.68 bits per heavy atom. The average Bonchev–Trinajstić information content (AvgIpc) is 2.55. The molecule has 2 aromatic carbocycles. The van der Waals surface area contributed by atoms with Gasteiger partial charge >= 0.3 is 5.97 Å². The quantitative estimate of drug-likeness (QED) is 0.738. The first-order valence-electron chi connectivity index (χ1n) is 7.68. The summed E-state index contributed by atoms with van der Waals surface area (Å²) in [4.78, 5) is 12.1. The smallest absolute Gasteiger partial charge is 0.321 e. The largest absolute Gasteiger partial charge is 0.457 e. The van der Waals surface area contributed by atoms with Crippen molar-refractivity contribution in [1.29, 1.82) is 0 Å². The average molecular weight is 365 g/mol. The Morgan fingerprint density at radius 3 is 2.24 bits per heavy atom. The van der Waals surface area contributed by atoms with Gasteiger partial charge in [-0.05, 0) is 43.7 Å². The van der Waals surface area contributed by atoms with Gasteiger partial charge in [0, 0.05) is 7.05 Å². The molecule has 5 nitrogen and oxygen atoms in total. The Hall–Kier alpha value is -2.25. The van der Waals surface area contributed by atoms with Crippen LogP contribution in [0, 0.1) is 12.7 Å². The van der Waals surface area contributed by atoms with Crippen molar-refractivity contribution in [1.82, 2.24) is 4.31 Å². The number of ether oxygens (including phenoxy) is 1. The molecule has 0 spiro atoms. The molecule has 0 radical (unpaired) electrons. The maximum absolute atomic E-state index is 12.9. The summed E-state index contributed by atoms with van der Waals surface area (Å²) in [6, 6.07) is 11.9. The van der Waals surface area contributed by atoms with Gasteiger partial charge in [-0.25, -0.2) is 12.8 Å². The zero-order valence-electron chi connectivity index (χ0n) is 14.3. The fourth-order valence-corrected chi connectivity index (χ4v) is 3.31. The number of benzene rings is 2. The second-order valence-electron chi connectivity index (χ2n) is 5.76. The third kappa shape index (κ3) is 4.87. The van der Waals surface area contributed by atoms with E-state index in [2.05, 4.69) is 0 Å². The van der Waals surface area contributed by atoms with Crippen molar-refractivity contribution in [3.05, 3.63) is 65.5 Å². The molecule has 0 heterocycles. The van der Waals surface area contributed by atoms with Crippen LogP contribution in [0.1, 0.15) is 24.2 Å². The zero-order valence-corrected chi connectivity index (χ0v) is 15.1. The molecule has 0 bridgehead atoms. The molecule has 0 aromatic heterocycles. The Kier molecular flexibility index (Phi) is 5.92. The van der Waals surface area contributed by atoms with E-state index >= 15 is 0 Å². The van der Waals surface area contributed by atoms with Crippen molar-refractivity contribution < 1.29 is 22.3 Å². The molecule has 0 saturated carbocycles. The third-order valence-electron chi connectivity index (χ3n) is 3.73. The van der Waals surface area contributed by atoms with Crippen LogP contribution < -0.4 is 0 Å². The van der Waals surface area contributed by atoms with Gasteiger partial charge in [0.1, 0.15) is 18.5 Å². The van der Waals surface area contributed by atoms with Crippen LogP contribution in [-0.2, 0) is 19.6 Å². The van der Waals surface area contributed by atoms with Gasteiger partial charge in [0.15, 0.2) is 0 Å². The van der Waals surface area contributed by atoms with E-state index in [1.165, 1.54) is 43.4 Å².